The number of fused-ring (bicyclic) bond motifs is 4. The molecule has 0 saturated heterocycles. The molecule has 0 unspecified atom stereocenters. The van der Waals surface area contributed by atoms with Crippen LogP contribution in [0.25, 0.3) is 21.9 Å². The van der Waals surface area contributed by atoms with E-state index in [1.54, 1.807) is 0 Å². The van der Waals surface area contributed by atoms with Gasteiger partial charge in [-0.05, 0) is 74.7 Å². The Morgan fingerprint density at radius 3 is 2.41 bits per heavy atom. The van der Waals surface area contributed by atoms with Crippen molar-refractivity contribution in [2.45, 2.75) is 33.9 Å². The van der Waals surface area contributed by atoms with Crippen molar-refractivity contribution in [3.8, 4) is 0 Å². The maximum Gasteiger partial charge on any atom is 0.159 e. The van der Waals surface area contributed by atoms with Crippen LogP contribution < -0.4 is 9.80 Å². The molecule has 32 heavy (non-hydrogen) atoms. The molecular weight excluding hydrogens is 394 g/mol. The Labute approximate surface area is 187 Å². The molecule has 3 heterocycles. The largest absolute Gasteiger partial charge is 0.454 e. The molecule has 0 fully saturated rings. The summed E-state index contributed by atoms with van der Waals surface area (Å²) in [5.41, 5.74) is 8.88. The molecule has 1 aliphatic rings. The smallest absolute Gasteiger partial charge is 0.159 e. The van der Waals surface area contributed by atoms with Crippen molar-refractivity contribution >= 4 is 44.8 Å². The first-order chi connectivity index (χ1) is 15.5. The minimum Gasteiger partial charge on any atom is -0.454 e. The fraction of sp³-hybridized carbons (Fsp3) is 0.179. The first-order valence-corrected chi connectivity index (χ1v) is 11.1. The number of rotatable bonds is 2. The SMILES string of the molecule is Cc1cc(C)cc(N2c3cccnc3N(c3c(C)ccc4c3oc3ccccc34)[C@@H]2C)c1. The third-order valence-corrected chi connectivity index (χ3v) is 6.45. The number of benzene rings is 3. The number of para-hydroxylation sites is 1. The second-order valence-corrected chi connectivity index (χ2v) is 8.77. The Kier molecular flexibility index (Phi) is 4.06. The number of furan rings is 1. The molecule has 6 rings (SSSR count). The summed E-state index contributed by atoms with van der Waals surface area (Å²) in [6.07, 6.45) is 1.91. The van der Waals surface area contributed by atoms with Crippen LogP contribution in [0.3, 0.4) is 0 Å². The Morgan fingerprint density at radius 1 is 0.812 bits per heavy atom. The van der Waals surface area contributed by atoms with E-state index in [0.717, 1.165) is 39.1 Å². The molecule has 0 saturated carbocycles. The van der Waals surface area contributed by atoms with E-state index in [0.29, 0.717) is 0 Å². The zero-order chi connectivity index (χ0) is 22.0. The van der Waals surface area contributed by atoms with E-state index in [4.69, 9.17) is 9.40 Å². The maximum absolute atomic E-state index is 6.43. The molecule has 2 aromatic heterocycles. The molecular formula is C28H25N3O. The van der Waals surface area contributed by atoms with Gasteiger partial charge in [0, 0.05) is 22.7 Å². The normalized spacial score (nSPS) is 15.7. The molecule has 3 aromatic carbocycles. The van der Waals surface area contributed by atoms with Crippen molar-refractivity contribution in [1.29, 1.82) is 0 Å². The van der Waals surface area contributed by atoms with Crippen molar-refractivity contribution in [1.82, 2.24) is 4.98 Å². The van der Waals surface area contributed by atoms with E-state index in [1.165, 1.54) is 22.4 Å². The number of hydrogen-bond acceptors (Lipinski definition) is 4. The summed E-state index contributed by atoms with van der Waals surface area (Å²) in [5.74, 6) is 0.954. The van der Waals surface area contributed by atoms with E-state index in [-0.39, 0.29) is 6.17 Å². The summed E-state index contributed by atoms with van der Waals surface area (Å²) >= 11 is 0. The van der Waals surface area contributed by atoms with Crippen LogP contribution in [0.2, 0.25) is 0 Å². The lowest BCUT2D eigenvalue weighted by atomic mass is 10.1. The highest BCUT2D eigenvalue weighted by Crippen LogP contribution is 2.49. The van der Waals surface area contributed by atoms with E-state index < -0.39 is 0 Å². The van der Waals surface area contributed by atoms with Gasteiger partial charge in [0.2, 0.25) is 0 Å². The molecule has 0 aliphatic carbocycles. The number of nitrogens with zero attached hydrogens (tertiary/aromatic N) is 3. The van der Waals surface area contributed by atoms with Gasteiger partial charge in [-0.2, -0.15) is 0 Å². The highest BCUT2D eigenvalue weighted by molar-refractivity contribution is 6.10. The molecule has 1 atom stereocenters. The first kappa shape index (κ1) is 18.9. The van der Waals surface area contributed by atoms with Crippen LogP contribution >= 0.6 is 0 Å². The molecule has 0 amide bonds. The van der Waals surface area contributed by atoms with Gasteiger partial charge in [0.25, 0.3) is 0 Å². The number of anilines is 4. The van der Waals surface area contributed by atoms with Crippen molar-refractivity contribution in [2.75, 3.05) is 9.80 Å². The van der Waals surface area contributed by atoms with Gasteiger partial charge >= 0.3 is 0 Å². The number of aryl methyl sites for hydroxylation is 3. The Balaban J connectivity index is 1.61. The quantitative estimate of drug-likeness (QED) is 0.296. The minimum absolute atomic E-state index is 0.0404. The fourth-order valence-electron chi connectivity index (χ4n) is 5.17. The maximum atomic E-state index is 6.43. The highest BCUT2D eigenvalue weighted by atomic mass is 16.3. The van der Waals surface area contributed by atoms with Crippen LogP contribution in [0.15, 0.2) is 77.3 Å². The Bertz CT molecular complexity index is 1480. The monoisotopic (exact) mass is 419 g/mol. The van der Waals surface area contributed by atoms with Crippen LogP contribution in [-0.4, -0.2) is 11.1 Å². The van der Waals surface area contributed by atoms with E-state index in [9.17, 15) is 0 Å². The first-order valence-electron chi connectivity index (χ1n) is 11.1. The lowest BCUT2D eigenvalue weighted by molar-refractivity contribution is 0.662. The molecule has 1 aliphatic heterocycles. The third kappa shape index (κ3) is 2.65. The topological polar surface area (TPSA) is 32.5 Å². The summed E-state index contributed by atoms with van der Waals surface area (Å²) in [4.78, 5) is 9.54. The molecule has 4 nitrogen and oxygen atoms in total. The van der Waals surface area contributed by atoms with Gasteiger partial charge in [-0.15, -0.1) is 0 Å². The van der Waals surface area contributed by atoms with Gasteiger partial charge in [0.1, 0.15) is 11.7 Å². The molecule has 0 N–H and O–H groups in total. The van der Waals surface area contributed by atoms with Gasteiger partial charge in [-0.3, -0.25) is 4.90 Å². The van der Waals surface area contributed by atoms with Crippen LogP contribution in [0.4, 0.5) is 22.9 Å². The van der Waals surface area contributed by atoms with Crippen LogP contribution in [0, 0.1) is 20.8 Å². The molecule has 0 radical (unpaired) electrons. The minimum atomic E-state index is 0.0404. The lowest BCUT2D eigenvalue weighted by Gasteiger charge is -2.31. The van der Waals surface area contributed by atoms with Gasteiger partial charge in [0.05, 0.1) is 11.4 Å². The average Bonchev–Trinajstić information content (AvgIpc) is 3.28. The molecule has 0 bridgehead atoms. The molecule has 5 aromatic rings. The zero-order valence-electron chi connectivity index (χ0n) is 18.8. The third-order valence-electron chi connectivity index (χ3n) is 6.45. The van der Waals surface area contributed by atoms with E-state index >= 15 is 0 Å². The molecule has 158 valence electrons. The standard InChI is InChI=1S/C28H25N3O/c1-17-14-18(2)16-21(15-17)30-20(4)31(28-24(30)9-7-13-29-28)26-19(3)11-12-23-22-8-5-6-10-25(22)32-27(23)26/h5-16,20H,1-4H3/t20-/m1/s1. The summed E-state index contributed by atoms with van der Waals surface area (Å²) < 4.78 is 6.43. The summed E-state index contributed by atoms with van der Waals surface area (Å²) in [5, 5.41) is 2.28. The van der Waals surface area contributed by atoms with Crippen LogP contribution in [-0.2, 0) is 0 Å². The zero-order valence-corrected chi connectivity index (χ0v) is 18.8. The predicted octanol–water partition coefficient (Wildman–Crippen LogP) is 7.54. The Morgan fingerprint density at radius 2 is 1.59 bits per heavy atom. The summed E-state index contributed by atoms with van der Waals surface area (Å²) in [6, 6.07) is 23.5. The molecule has 0 spiro atoms. The second-order valence-electron chi connectivity index (χ2n) is 8.77. The van der Waals surface area contributed by atoms with Crippen molar-refractivity contribution in [2.24, 2.45) is 0 Å². The van der Waals surface area contributed by atoms with Crippen LogP contribution in [0.5, 0.6) is 0 Å². The van der Waals surface area contributed by atoms with Crippen molar-refractivity contribution in [3.05, 3.63) is 89.6 Å². The average molecular weight is 420 g/mol. The van der Waals surface area contributed by atoms with Crippen molar-refractivity contribution in [3.63, 3.8) is 0 Å². The summed E-state index contributed by atoms with van der Waals surface area (Å²) in [7, 11) is 0. The fourth-order valence-corrected chi connectivity index (χ4v) is 5.17. The van der Waals surface area contributed by atoms with Crippen molar-refractivity contribution < 1.29 is 4.42 Å². The number of hydrogen-bond donors (Lipinski definition) is 0. The summed E-state index contributed by atoms with van der Waals surface area (Å²) in [6.45, 7) is 8.69. The van der Waals surface area contributed by atoms with Gasteiger partial charge < -0.3 is 9.32 Å². The van der Waals surface area contributed by atoms with Gasteiger partial charge in [-0.1, -0.05) is 36.4 Å². The van der Waals surface area contributed by atoms with Gasteiger partial charge in [0.15, 0.2) is 11.4 Å². The molecule has 4 heteroatoms. The highest BCUT2D eigenvalue weighted by Gasteiger charge is 2.38. The number of pyridine rings is 1. The van der Waals surface area contributed by atoms with E-state index in [2.05, 4.69) is 86.0 Å². The van der Waals surface area contributed by atoms with E-state index in [1.807, 2.05) is 24.4 Å². The Hall–Kier alpha value is -3.79. The number of aromatic nitrogens is 1. The van der Waals surface area contributed by atoms with Crippen LogP contribution in [0.1, 0.15) is 23.6 Å². The lowest BCUT2D eigenvalue weighted by Crippen LogP contribution is -2.36. The van der Waals surface area contributed by atoms with Gasteiger partial charge in [-0.25, -0.2) is 4.98 Å². The second kappa shape index (κ2) is 6.86. The predicted molar refractivity (Wildman–Crippen MR) is 132 cm³/mol.